The molecule has 0 radical (unpaired) electrons. The van der Waals surface area contributed by atoms with Crippen molar-refractivity contribution >= 4 is 5.84 Å². The molecule has 2 aromatic rings. The van der Waals surface area contributed by atoms with E-state index in [-0.39, 0.29) is 0 Å². The quantitative estimate of drug-likeness (QED) is 0.809. The van der Waals surface area contributed by atoms with Crippen molar-refractivity contribution in [2.24, 2.45) is 4.99 Å². The predicted molar refractivity (Wildman–Crippen MR) is 66.1 cm³/mol. The second kappa shape index (κ2) is 4.05. The molecule has 86 valence electrons. The molecule has 1 aliphatic heterocycles. The van der Waals surface area contributed by atoms with E-state index in [9.17, 15) is 0 Å². The lowest BCUT2D eigenvalue weighted by Gasteiger charge is -2.14. The van der Waals surface area contributed by atoms with Crippen molar-refractivity contribution in [3.05, 3.63) is 41.6 Å². The van der Waals surface area contributed by atoms with Crippen LogP contribution in [0.1, 0.15) is 11.3 Å². The summed E-state index contributed by atoms with van der Waals surface area (Å²) in [4.78, 5) is 4.18. The van der Waals surface area contributed by atoms with E-state index in [4.69, 9.17) is 4.52 Å². The fourth-order valence-electron chi connectivity index (χ4n) is 2.12. The summed E-state index contributed by atoms with van der Waals surface area (Å²) < 4.78 is 5.46. The summed E-state index contributed by atoms with van der Waals surface area (Å²) in [5, 5.41) is 7.33. The Kier molecular flexibility index (Phi) is 2.40. The van der Waals surface area contributed by atoms with E-state index in [1.807, 2.05) is 30.3 Å². The van der Waals surface area contributed by atoms with Crippen LogP contribution in [-0.2, 0) is 6.42 Å². The highest BCUT2D eigenvalue weighted by atomic mass is 16.5. The minimum Gasteiger partial charge on any atom is -0.368 e. The number of rotatable bonds is 1. The lowest BCUT2D eigenvalue weighted by molar-refractivity contribution is 0.430. The maximum Gasteiger partial charge on any atom is 0.170 e. The van der Waals surface area contributed by atoms with Crippen LogP contribution in [0.2, 0.25) is 0 Å². The molecule has 0 saturated heterocycles. The van der Waals surface area contributed by atoms with Crippen LogP contribution in [0.15, 0.2) is 39.8 Å². The average Bonchev–Trinajstić information content (AvgIpc) is 2.83. The SMILES string of the molecule is CN=C1NCCc2c1noc2-c1ccccc1. The van der Waals surface area contributed by atoms with E-state index >= 15 is 0 Å². The van der Waals surface area contributed by atoms with Gasteiger partial charge in [0.15, 0.2) is 17.3 Å². The number of hydrogen-bond donors (Lipinski definition) is 1. The third-order valence-electron chi connectivity index (χ3n) is 2.94. The maximum absolute atomic E-state index is 5.46. The Bertz CT molecular complexity index is 557. The van der Waals surface area contributed by atoms with Crippen LogP contribution in [0, 0.1) is 0 Å². The third-order valence-corrected chi connectivity index (χ3v) is 2.94. The molecule has 1 N–H and O–H groups in total. The molecular formula is C13H13N3O. The molecule has 0 atom stereocenters. The first kappa shape index (κ1) is 10.1. The smallest absolute Gasteiger partial charge is 0.170 e. The molecule has 4 nitrogen and oxygen atoms in total. The van der Waals surface area contributed by atoms with Crippen molar-refractivity contribution < 1.29 is 4.52 Å². The molecule has 3 rings (SSSR count). The number of hydrogen-bond acceptors (Lipinski definition) is 3. The molecule has 1 aliphatic rings. The Labute approximate surface area is 99.4 Å². The topological polar surface area (TPSA) is 50.4 Å². The van der Waals surface area contributed by atoms with Gasteiger partial charge in [-0.3, -0.25) is 4.99 Å². The van der Waals surface area contributed by atoms with Crippen molar-refractivity contribution in [3.8, 4) is 11.3 Å². The summed E-state index contributed by atoms with van der Waals surface area (Å²) in [6.07, 6.45) is 0.919. The molecule has 1 aromatic carbocycles. The van der Waals surface area contributed by atoms with Gasteiger partial charge in [0, 0.05) is 24.7 Å². The van der Waals surface area contributed by atoms with Gasteiger partial charge in [0.05, 0.1) is 0 Å². The first-order valence-electron chi connectivity index (χ1n) is 5.65. The molecule has 1 aromatic heterocycles. The van der Waals surface area contributed by atoms with Crippen LogP contribution in [0.5, 0.6) is 0 Å². The highest BCUT2D eigenvalue weighted by Crippen LogP contribution is 2.28. The van der Waals surface area contributed by atoms with E-state index in [1.165, 1.54) is 0 Å². The van der Waals surface area contributed by atoms with Gasteiger partial charge in [-0.1, -0.05) is 35.5 Å². The Balaban J connectivity index is 2.13. The van der Waals surface area contributed by atoms with Gasteiger partial charge in [0.25, 0.3) is 0 Å². The van der Waals surface area contributed by atoms with Gasteiger partial charge in [-0.05, 0) is 6.42 Å². The Hall–Kier alpha value is -2.10. The number of nitrogens with one attached hydrogen (secondary N) is 1. The van der Waals surface area contributed by atoms with Gasteiger partial charge in [0.1, 0.15) is 0 Å². The van der Waals surface area contributed by atoms with Crippen LogP contribution < -0.4 is 5.32 Å². The Morgan fingerprint density at radius 3 is 2.88 bits per heavy atom. The number of fused-ring (bicyclic) bond motifs is 1. The Morgan fingerprint density at radius 2 is 2.12 bits per heavy atom. The standard InChI is InChI=1S/C13H13N3O/c1-14-13-11-10(7-8-15-13)12(17-16-11)9-5-3-2-4-6-9/h2-6H,7-8H2,1H3,(H,14,15). The zero-order chi connectivity index (χ0) is 11.7. The Morgan fingerprint density at radius 1 is 1.29 bits per heavy atom. The normalized spacial score (nSPS) is 16.6. The number of nitrogens with zero attached hydrogens (tertiary/aromatic N) is 2. The highest BCUT2D eigenvalue weighted by Gasteiger charge is 2.24. The van der Waals surface area contributed by atoms with Gasteiger partial charge in [-0.25, -0.2) is 0 Å². The fraction of sp³-hybridized carbons (Fsp3) is 0.231. The van der Waals surface area contributed by atoms with Gasteiger partial charge in [-0.15, -0.1) is 0 Å². The summed E-state index contributed by atoms with van der Waals surface area (Å²) in [5.41, 5.74) is 3.06. The molecule has 0 spiro atoms. The zero-order valence-electron chi connectivity index (χ0n) is 9.60. The minimum absolute atomic E-state index is 0.817. The molecule has 0 saturated carbocycles. The van der Waals surface area contributed by atoms with E-state index in [2.05, 4.69) is 15.5 Å². The van der Waals surface area contributed by atoms with Gasteiger partial charge in [0.2, 0.25) is 0 Å². The van der Waals surface area contributed by atoms with E-state index < -0.39 is 0 Å². The first-order chi connectivity index (χ1) is 8.40. The fourth-order valence-corrected chi connectivity index (χ4v) is 2.12. The van der Waals surface area contributed by atoms with Gasteiger partial charge >= 0.3 is 0 Å². The highest BCUT2D eigenvalue weighted by molar-refractivity contribution is 6.00. The van der Waals surface area contributed by atoms with Gasteiger partial charge < -0.3 is 9.84 Å². The molecule has 17 heavy (non-hydrogen) atoms. The van der Waals surface area contributed by atoms with Crippen molar-refractivity contribution in [1.82, 2.24) is 10.5 Å². The van der Waals surface area contributed by atoms with Crippen molar-refractivity contribution in [1.29, 1.82) is 0 Å². The third kappa shape index (κ3) is 1.62. The minimum atomic E-state index is 0.817. The van der Waals surface area contributed by atoms with E-state index in [1.54, 1.807) is 7.05 Å². The first-order valence-corrected chi connectivity index (χ1v) is 5.65. The van der Waals surface area contributed by atoms with Crippen LogP contribution in [0.3, 0.4) is 0 Å². The molecule has 2 heterocycles. The number of aromatic nitrogens is 1. The monoisotopic (exact) mass is 227 g/mol. The van der Waals surface area contributed by atoms with E-state index in [0.29, 0.717) is 0 Å². The number of benzene rings is 1. The van der Waals surface area contributed by atoms with Crippen LogP contribution in [0.25, 0.3) is 11.3 Å². The lowest BCUT2D eigenvalue weighted by atomic mass is 10.0. The second-order valence-corrected chi connectivity index (χ2v) is 3.95. The summed E-state index contributed by atoms with van der Waals surface area (Å²) in [6.45, 7) is 0.876. The summed E-state index contributed by atoms with van der Waals surface area (Å²) in [7, 11) is 1.76. The largest absolute Gasteiger partial charge is 0.368 e. The van der Waals surface area contributed by atoms with Crippen molar-refractivity contribution in [2.45, 2.75) is 6.42 Å². The number of amidine groups is 1. The van der Waals surface area contributed by atoms with Crippen LogP contribution >= 0.6 is 0 Å². The molecule has 0 fully saturated rings. The van der Waals surface area contributed by atoms with Crippen molar-refractivity contribution in [2.75, 3.05) is 13.6 Å². The number of aliphatic imine (C=N–C) groups is 1. The summed E-state index contributed by atoms with van der Waals surface area (Å²) in [6, 6.07) is 10.1. The average molecular weight is 227 g/mol. The summed E-state index contributed by atoms with van der Waals surface area (Å²) in [5.74, 6) is 1.68. The molecule has 0 bridgehead atoms. The van der Waals surface area contributed by atoms with Crippen LogP contribution in [0.4, 0.5) is 0 Å². The molecule has 0 unspecified atom stereocenters. The van der Waals surface area contributed by atoms with Crippen LogP contribution in [-0.4, -0.2) is 24.6 Å². The molecule has 4 heteroatoms. The molecule has 0 amide bonds. The van der Waals surface area contributed by atoms with Gasteiger partial charge in [-0.2, -0.15) is 0 Å². The van der Waals surface area contributed by atoms with Crippen molar-refractivity contribution in [3.63, 3.8) is 0 Å². The summed E-state index contributed by atoms with van der Waals surface area (Å²) >= 11 is 0. The lowest BCUT2D eigenvalue weighted by Crippen LogP contribution is -2.32. The molecular weight excluding hydrogens is 214 g/mol. The molecule has 0 aliphatic carbocycles. The predicted octanol–water partition coefficient (Wildman–Crippen LogP) is 1.86. The second-order valence-electron chi connectivity index (χ2n) is 3.95. The zero-order valence-corrected chi connectivity index (χ0v) is 9.60. The maximum atomic E-state index is 5.46. The van der Waals surface area contributed by atoms with E-state index in [0.717, 1.165) is 41.4 Å².